The molecule has 0 saturated heterocycles. The van der Waals surface area contributed by atoms with E-state index >= 15 is 0 Å². The first-order chi connectivity index (χ1) is 11.4. The van der Waals surface area contributed by atoms with E-state index < -0.39 is 12.6 Å². The molecule has 8 nitrogen and oxygen atoms in total. The third kappa shape index (κ3) is 4.84. The summed E-state index contributed by atoms with van der Waals surface area (Å²) in [4.78, 5) is 12.6. The minimum atomic E-state index is -1.08. The highest BCUT2D eigenvalue weighted by Crippen LogP contribution is 2.34. The van der Waals surface area contributed by atoms with Gasteiger partial charge in [0.15, 0.2) is 18.1 Å². The smallest absolute Gasteiger partial charge is 0.341 e. The fourth-order valence-electron chi connectivity index (χ4n) is 2.09. The monoisotopic (exact) mass is 355 g/mol. The second-order valence-electron chi connectivity index (χ2n) is 5.16. The first-order valence-corrected chi connectivity index (χ1v) is 7.45. The van der Waals surface area contributed by atoms with Crippen molar-refractivity contribution in [3.8, 4) is 11.5 Å². The number of carboxylic acid groups (broad SMARTS) is 1. The molecule has 0 saturated carbocycles. The summed E-state index contributed by atoms with van der Waals surface area (Å²) in [6, 6.07) is 3.26. The molecule has 2 rings (SSSR count). The summed E-state index contributed by atoms with van der Waals surface area (Å²) >= 11 is 6.26. The zero-order valence-corrected chi connectivity index (χ0v) is 14.3. The van der Waals surface area contributed by atoms with E-state index in [1.807, 2.05) is 11.9 Å². The number of rotatable bonds is 8. The van der Waals surface area contributed by atoms with Gasteiger partial charge in [-0.15, -0.1) is 10.2 Å². The fourth-order valence-corrected chi connectivity index (χ4v) is 2.30. The van der Waals surface area contributed by atoms with E-state index in [1.54, 1.807) is 19.1 Å². The largest absolute Gasteiger partial charge is 0.493 e. The predicted octanol–water partition coefficient (Wildman–Crippen LogP) is 2.14. The Kier molecular flexibility index (Phi) is 5.99. The lowest BCUT2D eigenvalue weighted by Gasteiger charge is -2.17. The van der Waals surface area contributed by atoms with Crippen LogP contribution < -0.4 is 9.47 Å². The number of carbonyl (C=O) groups is 1. The lowest BCUT2D eigenvalue weighted by Crippen LogP contribution is -2.18. The summed E-state index contributed by atoms with van der Waals surface area (Å²) in [5, 5.41) is 16.9. The van der Waals surface area contributed by atoms with E-state index in [4.69, 9.17) is 30.6 Å². The summed E-state index contributed by atoms with van der Waals surface area (Å²) in [7, 11) is 3.36. The van der Waals surface area contributed by atoms with E-state index in [9.17, 15) is 4.79 Å². The molecule has 0 aliphatic heterocycles. The Morgan fingerprint density at radius 2 is 2.08 bits per heavy atom. The number of benzene rings is 1. The number of aliphatic carboxylic acids is 1. The molecule has 1 aromatic heterocycles. The first kappa shape index (κ1) is 18.0. The highest BCUT2D eigenvalue weighted by molar-refractivity contribution is 6.31. The van der Waals surface area contributed by atoms with Gasteiger partial charge in [-0.2, -0.15) is 0 Å². The van der Waals surface area contributed by atoms with Crippen LogP contribution in [0.1, 0.15) is 17.3 Å². The molecule has 1 aromatic carbocycles. The average Bonchev–Trinajstić information content (AvgIpc) is 2.92. The van der Waals surface area contributed by atoms with Gasteiger partial charge in [-0.3, -0.25) is 4.90 Å². The minimum Gasteiger partial charge on any atom is -0.493 e. The molecule has 0 bridgehead atoms. The van der Waals surface area contributed by atoms with Crippen LogP contribution in [-0.2, 0) is 17.9 Å². The van der Waals surface area contributed by atoms with Crippen molar-refractivity contribution in [2.75, 3.05) is 20.8 Å². The minimum absolute atomic E-state index is 0.281. The Hall–Kier alpha value is -2.32. The molecular weight excluding hydrogens is 338 g/mol. The van der Waals surface area contributed by atoms with E-state index in [-0.39, 0.29) is 5.75 Å². The van der Waals surface area contributed by atoms with Crippen molar-refractivity contribution in [1.29, 1.82) is 0 Å². The topological polar surface area (TPSA) is 97.9 Å². The van der Waals surface area contributed by atoms with Crippen LogP contribution in [0, 0.1) is 6.92 Å². The zero-order valence-electron chi connectivity index (χ0n) is 13.6. The van der Waals surface area contributed by atoms with Crippen molar-refractivity contribution in [1.82, 2.24) is 15.1 Å². The number of halogens is 1. The van der Waals surface area contributed by atoms with Gasteiger partial charge in [-0.25, -0.2) is 4.79 Å². The first-order valence-electron chi connectivity index (χ1n) is 7.07. The quantitative estimate of drug-likeness (QED) is 0.769. The van der Waals surface area contributed by atoms with Crippen LogP contribution in [-0.4, -0.2) is 46.9 Å². The molecule has 2 aromatic rings. The van der Waals surface area contributed by atoms with Crippen molar-refractivity contribution in [2.24, 2.45) is 0 Å². The number of hydrogen-bond acceptors (Lipinski definition) is 7. The number of nitrogens with zero attached hydrogens (tertiary/aromatic N) is 3. The van der Waals surface area contributed by atoms with Gasteiger partial charge in [-0.05, 0) is 18.7 Å². The molecule has 0 fully saturated rings. The maximum Gasteiger partial charge on any atom is 0.341 e. The van der Waals surface area contributed by atoms with Crippen molar-refractivity contribution in [3.63, 3.8) is 0 Å². The summed E-state index contributed by atoms with van der Waals surface area (Å²) in [6.45, 7) is 2.24. The molecule has 0 radical (unpaired) electrons. The van der Waals surface area contributed by atoms with Crippen LogP contribution >= 0.6 is 11.6 Å². The maximum absolute atomic E-state index is 10.6. The number of carboxylic acids is 1. The normalized spacial score (nSPS) is 10.9. The highest BCUT2D eigenvalue weighted by atomic mass is 35.5. The van der Waals surface area contributed by atoms with Gasteiger partial charge in [0.1, 0.15) is 0 Å². The number of aromatic nitrogens is 2. The van der Waals surface area contributed by atoms with Crippen molar-refractivity contribution >= 4 is 17.6 Å². The lowest BCUT2D eigenvalue weighted by atomic mass is 10.2. The summed E-state index contributed by atoms with van der Waals surface area (Å²) < 4.78 is 15.8. The molecule has 0 amide bonds. The molecule has 0 aliphatic carbocycles. The molecule has 9 heteroatoms. The van der Waals surface area contributed by atoms with Crippen LogP contribution in [0.2, 0.25) is 5.02 Å². The molecule has 1 N–H and O–H groups in total. The average molecular weight is 356 g/mol. The molecule has 24 heavy (non-hydrogen) atoms. The Balaban J connectivity index is 2.10. The molecule has 1 heterocycles. The Bertz CT molecular complexity index is 719. The Morgan fingerprint density at radius 3 is 2.67 bits per heavy atom. The van der Waals surface area contributed by atoms with Gasteiger partial charge in [0.05, 0.1) is 13.7 Å². The third-order valence-electron chi connectivity index (χ3n) is 3.10. The number of aryl methyl sites for hydroxylation is 1. The van der Waals surface area contributed by atoms with Gasteiger partial charge in [0, 0.05) is 24.6 Å². The van der Waals surface area contributed by atoms with E-state index in [2.05, 4.69) is 10.2 Å². The van der Waals surface area contributed by atoms with Crippen LogP contribution in [0.5, 0.6) is 11.5 Å². The summed E-state index contributed by atoms with van der Waals surface area (Å²) in [5.74, 6) is 0.644. The molecular formula is C15H18ClN3O5. The highest BCUT2D eigenvalue weighted by Gasteiger charge is 2.14. The second-order valence-corrected chi connectivity index (χ2v) is 5.57. The van der Waals surface area contributed by atoms with E-state index in [0.717, 1.165) is 5.56 Å². The number of ether oxygens (including phenoxy) is 2. The van der Waals surface area contributed by atoms with E-state index in [0.29, 0.717) is 35.6 Å². The van der Waals surface area contributed by atoms with Gasteiger partial charge in [0.25, 0.3) is 0 Å². The van der Waals surface area contributed by atoms with Crippen LogP contribution in [0.25, 0.3) is 0 Å². The van der Waals surface area contributed by atoms with Crippen molar-refractivity contribution in [2.45, 2.75) is 20.0 Å². The van der Waals surface area contributed by atoms with Crippen LogP contribution in [0.4, 0.5) is 0 Å². The Morgan fingerprint density at radius 1 is 1.33 bits per heavy atom. The zero-order chi connectivity index (χ0) is 17.7. The lowest BCUT2D eigenvalue weighted by molar-refractivity contribution is -0.139. The van der Waals surface area contributed by atoms with Crippen LogP contribution in [0.3, 0.4) is 0 Å². The summed E-state index contributed by atoms with van der Waals surface area (Å²) in [5.41, 5.74) is 0.801. The summed E-state index contributed by atoms with van der Waals surface area (Å²) in [6.07, 6.45) is 0. The number of methoxy groups -OCH3 is 1. The van der Waals surface area contributed by atoms with E-state index in [1.165, 1.54) is 7.11 Å². The molecule has 0 atom stereocenters. The Labute approximate surface area is 143 Å². The third-order valence-corrected chi connectivity index (χ3v) is 3.45. The van der Waals surface area contributed by atoms with Crippen LogP contribution in [0.15, 0.2) is 16.5 Å². The van der Waals surface area contributed by atoms with Gasteiger partial charge in [0.2, 0.25) is 11.8 Å². The molecule has 0 aliphatic rings. The predicted molar refractivity (Wildman–Crippen MR) is 85.3 cm³/mol. The van der Waals surface area contributed by atoms with Gasteiger partial charge in [-0.1, -0.05) is 11.6 Å². The maximum atomic E-state index is 10.6. The van der Waals surface area contributed by atoms with Crippen molar-refractivity contribution < 1.29 is 23.8 Å². The molecule has 0 spiro atoms. The van der Waals surface area contributed by atoms with Gasteiger partial charge >= 0.3 is 5.97 Å². The second kappa shape index (κ2) is 7.98. The molecule has 0 unspecified atom stereocenters. The standard InChI is InChI=1S/C15H18ClN3O5/c1-9-17-18-14(24-9)7-19(2)6-10-4-12(22-3)13(5-11(10)16)23-8-15(20)21/h4-5H,6-8H2,1-3H3,(H,20,21). The fraction of sp³-hybridized carbons (Fsp3) is 0.400. The SMILES string of the molecule is COc1cc(CN(C)Cc2nnc(C)o2)c(Cl)cc1OCC(=O)O. The van der Waals surface area contributed by atoms with Gasteiger partial charge < -0.3 is 19.0 Å². The molecule has 130 valence electrons. The number of hydrogen-bond donors (Lipinski definition) is 1. The van der Waals surface area contributed by atoms with Crippen molar-refractivity contribution in [3.05, 3.63) is 34.5 Å².